The van der Waals surface area contributed by atoms with Gasteiger partial charge in [0.1, 0.15) is 0 Å². The molecule has 0 aromatic heterocycles. The summed E-state index contributed by atoms with van der Waals surface area (Å²) in [6, 6.07) is 21.8. The molecule has 0 fully saturated rings. The third-order valence-electron chi connectivity index (χ3n) is 4.89. The van der Waals surface area contributed by atoms with Crippen LogP contribution in [0.5, 0.6) is 0 Å². The predicted octanol–water partition coefficient (Wildman–Crippen LogP) is 2.92. The Morgan fingerprint density at radius 1 is 0.962 bits per heavy atom. The summed E-state index contributed by atoms with van der Waals surface area (Å²) in [6.45, 7) is 10.5. The van der Waals surface area contributed by atoms with Gasteiger partial charge in [0.05, 0.1) is 6.61 Å². The Kier molecular flexibility index (Phi) is 7.59. The highest BCUT2D eigenvalue weighted by molar-refractivity contribution is 6.99. The fourth-order valence-electron chi connectivity index (χ4n) is 3.56. The zero-order chi connectivity index (χ0) is 19.0. The summed E-state index contributed by atoms with van der Waals surface area (Å²) >= 11 is 0. The Balaban J connectivity index is 2.35. The molecule has 0 amide bonds. The lowest BCUT2D eigenvalue weighted by Crippen LogP contribution is -2.66. The van der Waals surface area contributed by atoms with Crippen LogP contribution >= 0.6 is 0 Å². The maximum absolute atomic E-state index is 8.99. The Bertz CT molecular complexity index is 601. The average Bonchev–Trinajstić information content (AvgIpc) is 2.64. The van der Waals surface area contributed by atoms with E-state index >= 15 is 0 Å². The Labute approximate surface area is 159 Å². The van der Waals surface area contributed by atoms with Gasteiger partial charge in [-0.1, -0.05) is 81.4 Å². The first-order chi connectivity index (χ1) is 12.4. The van der Waals surface area contributed by atoms with E-state index in [-0.39, 0.29) is 11.6 Å². The molecule has 0 unspecified atom stereocenters. The van der Waals surface area contributed by atoms with Gasteiger partial charge >= 0.3 is 0 Å². The quantitative estimate of drug-likeness (QED) is 0.666. The third kappa shape index (κ3) is 4.83. The van der Waals surface area contributed by atoms with Crippen LogP contribution in [0.4, 0.5) is 0 Å². The highest BCUT2D eigenvalue weighted by atomic mass is 28.4. The molecule has 2 rings (SSSR count). The number of nitrogens with one attached hydrogen (secondary N) is 1. The highest BCUT2D eigenvalue weighted by Gasteiger charge is 2.49. The van der Waals surface area contributed by atoms with Crippen LogP contribution in [0.1, 0.15) is 34.1 Å². The molecule has 0 aliphatic heterocycles. The molecule has 4 heteroatoms. The van der Waals surface area contributed by atoms with E-state index < -0.39 is 8.32 Å². The van der Waals surface area contributed by atoms with E-state index in [1.165, 1.54) is 10.4 Å². The van der Waals surface area contributed by atoms with E-state index in [0.29, 0.717) is 19.2 Å². The molecular formula is C22H33NO2Si. The van der Waals surface area contributed by atoms with Gasteiger partial charge in [0.2, 0.25) is 0 Å². The standard InChI is InChI=1S/C22H33NO2Si/c1-19(23-16-17-24)15-18-25-26(22(2,3)4,20-11-7-5-8-12-20)21-13-9-6-10-14-21/h5-14,19,23-24H,15-18H2,1-4H3/t19-/m1/s1. The molecule has 26 heavy (non-hydrogen) atoms. The van der Waals surface area contributed by atoms with Gasteiger partial charge in [0.15, 0.2) is 0 Å². The normalized spacial score (nSPS) is 13.6. The molecule has 2 N–H and O–H groups in total. The minimum absolute atomic E-state index is 0.0114. The van der Waals surface area contributed by atoms with Crippen LogP contribution < -0.4 is 15.7 Å². The zero-order valence-electron chi connectivity index (χ0n) is 16.5. The van der Waals surface area contributed by atoms with Gasteiger partial charge in [0, 0.05) is 19.2 Å². The summed E-state index contributed by atoms with van der Waals surface area (Å²) in [6.07, 6.45) is 0.921. The molecule has 0 radical (unpaired) electrons. The van der Waals surface area contributed by atoms with Gasteiger partial charge < -0.3 is 14.8 Å². The maximum atomic E-state index is 8.99. The minimum atomic E-state index is -2.42. The lowest BCUT2D eigenvalue weighted by Gasteiger charge is -2.43. The summed E-state index contributed by atoms with van der Waals surface area (Å²) < 4.78 is 6.85. The molecule has 1 atom stereocenters. The first kappa shape index (κ1) is 20.8. The van der Waals surface area contributed by atoms with Crippen molar-refractivity contribution in [1.29, 1.82) is 0 Å². The summed E-state index contributed by atoms with van der Waals surface area (Å²) in [7, 11) is -2.42. The summed E-state index contributed by atoms with van der Waals surface area (Å²) in [4.78, 5) is 0. The Morgan fingerprint density at radius 3 is 1.88 bits per heavy atom. The van der Waals surface area contributed by atoms with Crippen molar-refractivity contribution in [3.8, 4) is 0 Å². The van der Waals surface area contributed by atoms with Crippen molar-refractivity contribution in [2.24, 2.45) is 0 Å². The topological polar surface area (TPSA) is 41.5 Å². The monoisotopic (exact) mass is 371 g/mol. The molecular weight excluding hydrogens is 338 g/mol. The number of aliphatic hydroxyl groups excluding tert-OH is 1. The predicted molar refractivity (Wildman–Crippen MR) is 113 cm³/mol. The Morgan fingerprint density at radius 2 is 1.46 bits per heavy atom. The molecule has 0 aliphatic carbocycles. The average molecular weight is 372 g/mol. The van der Waals surface area contributed by atoms with Gasteiger partial charge in [-0.3, -0.25) is 0 Å². The second kappa shape index (κ2) is 9.47. The molecule has 0 heterocycles. The van der Waals surface area contributed by atoms with Crippen molar-refractivity contribution in [2.45, 2.75) is 45.2 Å². The van der Waals surface area contributed by atoms with Crippen molar-refractivity contribution in [3.05, 3.63) is 60.7 Å². The minimum Gasteiger partial charge on any atom is -0.407 e. The van der Waals surface area contributed by atoms with Crippen LogP contribution in [0, 0.1) is 0 Å². The molecule has 142 valence electrons. The number of hydrogen-bond donors (Lipinski definition) is 2. The lowest BCUT2D eigenvalue weighted by atomic mass is 10.2. The van der Waals surface area contributed by atoms with Crippen molar-refractivity contribution in [1.82, 2.24) is 5.32 Å². The first-order valence-electron chi connectivity index (χ1n) is 9.51. The maximum Gasteiger partial charge on any atom is 0.261 e. The molecule has 0 saturated carbocycles. The number of hydrogen-bond acceptors (Lipinski definition) is 3. The SMILES string of the molecule is C[C@H](CCO[Si](c1ccccc1)(c1ccccc1)C(C)(C)C)NCCO. The fraction of sp³-hybridized carbons (Fsp3) is 0.455. The van der Waals surface area contributed by atoms with Crippen molar-refractivity contribution in [3.63, 3.8) is 0 Å². The van der Waals surface area contributed by atoms with Crippen LogP contribution in [-0.2, 0) is 4.43 Å². The number of rotatable bonds is 9. The van der Waals surface area contributed by atoms with Gasteiger partial charge in [-0.15, -0.1) is 0 Å². The number of benzene rings is 2. The van der Waals surface area contributed by atoms with Crippen molar-refractivity contribution in [2.75, 3.05) is 19.8 Å². The summed E-state index contributed by atoms with van der Waals surface area (Å²) in [5.74, 6) is 0. The largest absolute Gasteiger partial charge is 0.407 e. The smallest absolute Gasteiger partial charge is 0.261 e. The lowest BCUT2D eigenvalue weighted by molar-refractivity contribution is 0.257. The van der Waals surface area contributed by atoms with Crippen LogP contribution in [0.15, 0.2) is 60.7 Å². The molecule has 3 nitrogen and oxygen atoms in total. The zero-order valence-corrected chi connectivity index (χ0v) is 17.5. The fourth-order valence-corrected chi connectivity index (χ4v) is 8.14. The van der Waals surface area contributed by atoms with Gasteiger partial charge in [-0.05, 0) is 28.8 Å². The van der Waals surface area contributed by atoms with E-state index in [2.05, 4.69) is 93.7 Å². The van der Waals surface area contributed by atoms with E-state index in [0.717, 1.165) is 6.42 Å². The molecule has 0 bridgehead atoms. The van der Waals surface area contributed by atoms with Crippen LogP contribution in [0.3, 0.4) is 0 Å². The summed E-state index contributed by atoms with van der Waals surface area (Å²) in [5.41, 5.74) is 0. The Hall–Kier alpha value is -1.46. The first-order valence-corrected chi connectivity index (χ1v) is 11.4. The van der Waals surface area contributed by atoms with E-state index in [1.807, 2.05) is 0 Å². The molecule has 0 aliphatic rings. The van der Waals surface area contributed by atoms with E-state index in [4.69, 9.17) is 9.53 Å². The van der Waals surface area contributed by atoms with E-state index in [1.54, 1.807) is 0 Å². The molecule has 0 saturated heterocycles. The third-order valence-corrected chi connectivity index (χ3v) is 9.93. The number of aliphatic hydroxyl groups is 1. The second-order valence-corrected chi connectivity index (χ2v) is 12.2. The van der Waals surface area contributed by atoms with E-state index in [9.17, 15) is 0 Å². The van der Waals surface area contributed by atoms with Crippen LogP contribution in [0.25, 0.3) is 0 Å². The van der Waals surface area contributed by atoms with Gasteiger partial charge in [-0.25, -0.2) is 0 Å². The van der Waals surface area contributed by atoms with Gasteiger partial charge in [-0.2, -0.15) is 0 Å². The molecule has 2 aromatic carbocycles. The van der Waals surface area contributed by atoms with Crippen molar-refractivity contribution < 1.29 is 9.53 Å². The van der Waals surface area contributed by atoms with Crippen LogP contribution in [-0.4, -0.2) is 39.2 Å². The molecule has 2 aromatic rings. The molecule has 0 spiro atoms. The summed E-state index contributed by atoms with van der Waals surface area (Å²) in [5, 5.41) is 14.9. The van der Waals surface area contributed by atoms with Gasteiger partial charge in [0.25, 0.3) is 8.32 Å². The van der Waals surface area contributed by atoms with Crippen LogP contribution in [0.2, 0.25) is 5.04 Å². The second-order valence-electron chi connectivity index (χ2n) is 7.88. The van der Waals surface area contributed by atoms with Crippen molar-refractivity contribution >= 4 is 18.7 Å². The highest BCUT2D eigenvalue weighted by Crippen LogP contribution is 2.36.